The van der Waals surface area contributed by atoms with Crippen LogP contribution in [0.25, 0.3) is 11.1 Å². The third kappa shape index (κ3) is 2.27. The summed E-state index contributed by atoms with van der Waals surface area (Å²) in [4.78, 5) is 20.0. The summed E-state index contributed by atoms with van der Waals surface area (Å²) in [7, 11) is 0. The van der Waals surface area contributed by atoms with E-state index in [0.29, 0.717) is 27.9 Å². The smallest absolute Gasteiger partial charge is 0.355 e. The minimum atomic E-state index is -1.05. The van der Waals surface area contributed by atoms with Crippen molar-refractivity contribution in [1.29, 1.82) is 0 Å². The highest BCUT2D eigenvalue weighted by atomic mass is 35.5. The number of carboxylic acids is 1. The van der Waals surface area contributed by atoms with Gasteiger partial charge in [0.1, 0.15) is 5.82 Å². The van der Waals surface area contributed by atoms with Crippen molar-refractivity contribution < 1.29 is 9.90 Å². The molecule has 1 aliphatic carbocycles. The van der Waals surface area contributed by atoms with Crippen molar-refractivity contribution in [2.24, 2.45) is 0 Å². The van der Waals surface area contributed by atoms with Gasteiger partial charge in [0.2, 0.25) is 0 Å². The predicted octanol–water partition coefficient (Wildman–Crippen LogP) is 3.76. The number of nitrogens with zero attached hydrogens (tertiary/aromatic N) is 2. The first-order valence-corrected chi connectivity index (χ1v) is 6.89. The lowest BCUT2D eigenvalue weighted by atomic mass is 9.84. The van der Waals surface area contributed by atoms with Crippen LogP contribution in [0.15, 0.2) is 30.5 Å². The number of aromatic nitrogens is 2. The molecule has 0 unspecified atom stereocenters. The number of rotatable bonds is 3. The van der Waals surface area contributed by atoms with Crippen molar-refractivity contribution in [3.05, 3.63) is 47.0 Å². The van der Waals surface area contributed by atoms with Gasteiger partial charge in [0.15, 0.2) is 5.69 Å². The number of benzene rings is 1. The molecule has 20 heavy (non-hydrogen) atoms. The van der Waals surface area contributed by atoms with Crippen LogP contribution in [0.3, 0.4) is 0 Å². The first kappa shape index (κ1) is 13.1. The maximum atomic E-state index is 11.5. The molecule has 1 N–H and O–H groups in total. The fraction of sp³-hybridized carbons (Fsp3) is 0.267. The van der Waals surface area contributed by atoms with E-state index in [4.69, 9.17) is 11.6 Å². The normalized spacial score (nSPS) is 14.8. The van der Waals surface area contributed by atoms with Gasteiger partial charge in [-0.15, -0.1) is 0 Å². The Bertz CT molecular complexity index is 669. The molecule has 2 aromatic rings. The minimum Gasteiger partial charge on any atom is -0.476 e. The first-order chi connectivity index (χ1) is 9.66. The average molecular weight is 289 g/mol. The average Bonchev–Trinajstić information content (AvgIpc) is 2.37. The molecule has 1 aromatic carbocycles. The zero-order valence-electron chi connectivity index (χ0n) is 10.7. The van der Waals surface area contributed by atoms with E-state index in [0.717, 1.165) is 19.3 Å². The molecule has 0 amide bonds. The van der Waals surface area contributed by atoms with Crippen LogP contribution in [0.4, 0.5) is 0 Å². The minimum absolute atomic E-state index is 0.0231. The van der Waals surface area contributed by atoms with Crippen LogP contribution in [-0.2, 0) is 0 Å². The summed E-state index contributed by atoms with van der Waals surface area (Å²) in [5.74, 6) is -0.124. The maximum Gasteiger partial charge on any atom is 0.355 e. The van der Waals surface area contributed by atoms with Crippen molar-refractivity contribution >= 4 is 17.6 Å². The molecule has 1 heterocycles. The van der Waals surface area contributed by atoms with E-state index < -0.39 is 5.97 Å². The Morgan fingerprint density at radius 3 is 2.60 bits per heavy atom. The molecule has 4 nitrogen and oxygen atoms in total. The van der Waals surface area contributed by atoms with Gasteiger partial charge in [-0.2, -0.15) is 0 Å². The predicted molar refractivity (Wildman–Crippen MR) is 76.0 cm³/mol. The first-order valence-electron chi connectivity index (χ1n) is 6.52. The van der Waals surface area contributed by atoms with Crippen LogP contribution in [-0.4, -0.2) is 21.0 Å². The molecule has 5 heteroatoms. The molecule has 0 aliphatic heterocycles. The Hall–Kier alpha value is -1.94. The Morgan fingerprint density at radius 2 is 2.00 bits per heavy atom. The number of carboxylic acid groups (broad SMARTS) is 1. The summed E-state index contributed by atoms with van der Waals surface area (Å²) < 4.78 is 0. The van der Waals surface area contributed by atoms with E-state index in [1.165, 1.54) is 0 Å². The van der Waals surface area contributed by atoms with Crippen LogP contribution in [0.5, 0.6) is 0 Å². The largest absolute Gasteiger partial charge is 0.476 e. The van der Waals surface area contributed by atoms with Crippen LogP contribution in [0.1, 0.15) is 41.5 Å². The van der Waals surface area contributed by atoms with Crippen LogP contribution >= 0.6 is 11.6 Å². The molecule has 0 bridgehead atoms. The summed E-state index contributed by atoms with van der Waals surface area (Å²) in [6.07, 6.45) is 4.79. The molecule has 0 saturated heterocycles. The van der Waals surface area contributed by atoms with Gasteiger partial charge >= 0.3 is 5.97 Å². The Labute approximate surface area is 121 Å². The summed E-state index contributed by atoms with van der Waals surface area (Å²) >= 11 is 6.13. The van der Waals surface area contributed by atoms with Gasteiger partial charge in [0.25, 0.3) is 0 Å². The van der Waals surface area contributed by atoms with Crippen LogP contribution < -0.4 is 0 Å². The summed E-state index contributed by atoms with van der Waals surface area (Å²) in [5, 5.41) is 9.88. The monoisotopic (exact) mass is 288 g/mol. The molecule has 0 spiro atoms. The van der Waals surface area contributed by atoms with E-state index in [9.17, 15) is 9.90 Å². The number of aromatic carboxylic acids is 1. The summed E-state index contributed by atoms with van der Waals surface area (Å²) in [5.41, 5.74) is 1.13. The lowest BCUT2D eigenvalue weighted by molar-refractivity contribution is 0.0690. The maximum absolute atomic E-state index is 11.5. The number of carbonyl (C=O) groups is 1. The SMILES string of the molecule is O=C(O)c1nc(C2CCC2)ncc1-c1ccccc1Cl. The second-order valence-corrected chi connectivity index (χ2v) is 5.31. The van der Waals surface area contributed by atoms with Crippen molar-refractivity contribution in [2.45, 2.75) is 25.2 Å². The summed E-state index contributed by atoms with van der Waals surface area (Å²) in [6, 6.07) is 7.11. The van der Waals surface area contributed by atoms with E-state index in [-0.39, 0.29) is 5.69 Å². The second kappa shape index (κ2) is 5.21. The fourth-order valence-electron chi connectivity index (χ4n) is 2.30. The fourth-order valence-corrected chi connectivity index (χ4v) is 2.54. The Balaban J connectivity index is 2.11. The number of halogens is 1. The third-order valence-electron chi connectivity index (χ3n) is 3.64. The molecule has 1 aliphatic rings. The standard InChI is InChI=1S/C15H13ClN2O2/c16-12-7-2-1-6-10(12)11-8-17-14(9-4-3-5-9)18-13(11)15(19)20/h1-2,6-9H,3-5H2,(H,19,20). The van der Waals surface area contributed by atoms with Crippen molar-refractivity contribution in [3.8, 4) is 11.1 Å². The number of hydrogen-bond donors (Lipinski definition) is 1. The Morgan fingerprint density at radius 1 is 1.25 bits per heavy atom. The van der Waals surface area contributed by atoms with Gasteiger partial charge in [0.05, 0.1) is 0 Å². The zero-order chi connectivity index (χ0) is 14.1. The molecule has 0 radical (unpaired) electrons. The summed E-state index contributed by atoms with van der Waals surface area (Å²) in [6.45, 7) is 0. The molecule has 0 atom stereocenters. The quantitative estimate of drug-likeness (QED) is 0.934. The number of hydrogen-bond acceptors (Lipinski definition) is 3. The molecular weight excluding hydrogens is 276 g/mol. The van der Waals surface area contributed by atoms with Gasteiger partial charge in [-0.1, -0.05) is 36.2 Å². The molecular formula is C15H13ClN2O2. The van der Waals surface area contributed by atoms with E-state index >= 15 is 0 Å². The van der Waals surface area contributed by atoms with E-state index in [1.807, 2.05) is 6.07 Å². The van der Waals surface area contributed by atoms with Crippen LogP contribution in [0, 0.1) is 0 Å². The van der Waals surface area contributed by atoms with E-state index in [2.05, 4.69) is 9.97 Å². The molecule has 1 fully saturated rings. The highest BCUT2D eigenvalue weighted by molar-refractivity contribution is 6.33. The van der Waals surface area contributed by atoms with Gasteiger partial charge in [-0.25, -0.2) is 14.8 Å². The lowest BCUT2D eigenvalue weighted by Gasteiger charge is -2.24. The molecule has 1 saturated carbocycles. The van der Waals surface area contributed by atoms with Crippen molar-refractivity contribution in [1.82, 2.24) is 9.97 Å². The van der Waals surface area contributed by atoms with Crippen molar-refractivity contribution in [2.75, 3.05) is 0 Å². The van der Waals surface area contributed by atoms with Crippen molar-refractivity contribution in [3.63, 3.8) is 0 Å². The second-order valence-electron chi connectivity index (χ2n) is 4.90. The highest BCUT2D eigenvalue weighted by Gasteiger charge is 2.25. The highest BCUT2D eigenvalue weighted by Crippen LogP contribution is 2.36. The molecule has 102 valence electrons. The third-order valence-corrected chi connectivity index (χ3v) is 3.97. The van der Waals surface area contributed by atoms with Gasteiger partial charge in [-0.05, 0) is 18.9 Å². The van der Waals surface area contributed by atoms with E-state index in [1.54, 1.807) is 24.4 Å². The Kier molecular flexibility index (Phi) is 3.40. The van der Waals surface area contributed by atoms with Gasteiger partial charge in [0, 0.05) is 28.3 Å². The zero-order valence-corrected chi connectivity index (χ0v) is 11.5. The van der Waals surface area contributed by atoms with Gasteiger partial charge < -0.3 is 5.11 Å². The topological polar surface area (TPSA) is 63.1 Å². The lowest BCUT2D eigenvalue weighted by Crippen LogP contribution is -2.15. The van der Waals surface area contributed by atoms with Crippen LogP contribution in [0.2, 0.25) is 5.02 Å². The van der Waals surface area contributed by atoms with Gasteiger partial charge in [-0.3, -0.25) is 0 Å². The molecule has 3 rings (SSSR count). The molecule has 1 aromatic heterocycles.